The molecule has 0 heterocycles. The second-order valence-corrected chi connectivity index (χ2v) is 6.55. The average Bonchev–Trinajstić information content (AvgIpc) is 2.53. The summed E-state index contributed by atoms with van der Waals surface area (Å²) in [5.41, 5.74) is 3.48. The van der Waals surface area contributed by atoms with Crippen molar-refractivity contribution in [2.75, 3.05) is 0 Å². The molecule has 0 saturated carbocycles. The SMILES string of the molecule is Sc1ccccc1C(c1ccccc1S)c1ccccc1S. The van der Waals surface area contributed by atoms with E-state index < -0.39 is 0 Å². The molecule has 0 aliphatic rings. The number of thiol groups is 3. The molecule has 22 heavy (non-hydrogen) atoms. The highest BCUT2D eigenvalue weighted by Gasteiger charge is 2.22. The van der Waals surface area contributed by atoms with Crippen LogP contribution in [0.15, 0.2) is 87.5 Å². The lowest BCUT2D eigenvalue weighted by molar-refractivity contribution is 0.897. The van der Waals surface area contributed by atoms with Crippen molar-refractivity contribution in [1.29, 1.82) is 0 Å². The van der Waals surface area contributed by atoms with Gasteiger partial charge in [-0.1, -0.05) is 54.6 Å². The largest absolute Gasteiger partial charge is 0.143 e. The predicted octanol–water partition coefficient (Wildman–Crippen LogP) is 5.73. The molecule has 3 aromatic carbocycles. The van der Waals surface area contributed by atoms with Crippen molar-refractivity contribution in [3.05, 3.63) is 89.5 Å². The molecule has 0 nitrogen and oxygen atoms in total. The summed E-state index contributed by atoms with van der Waals surface area (Å²) in [5, 5.41) is 0. The summed E-state index contributed by atoms with van der Waals surface area (Å²) in [6.07, 6.45) is 0. The fourth-order valence-corrected chi connectivity index (χ4v) is 3.57. The molecule has 0 amide bonds. The molecule has 3 aromatic rings. The van der Waals surface area contributed by atoms with Gasteiger partial charge in [0.1, 0.15) is 0 Å². The minimum absolute atomic E-state index is 0.0658. The van der Waals surface area contributed by atoms with Crippen molar-refractivity contribution in [2.45, 2.75) is 20.6 Å². The molecule has 0 bridgehead atoms. The van der Waals surface area contributed by atoms with Crippen molar-refractivity contribution in [2.24, 2.45) is 0 Å². The van der Waals surface area contributed by atoms with E-state index in [1.807, 2.05) is 54.6 Å². The number of hydrogen-bond acceptors (Lipinski definition) is 3. The molecule has 0 saturated heterocycles. The van der Waals surface area contributed by atoms with Gasteiger partial charge in [-0.3, -0.25) is 0 Å². The first-order chi connectivity index (χ1) is 10.7. The Balaban J connectivity index is 2.27. The summed E-state index contributed by atoms with van der Waals surface area (Å²) in [7, 11) is 0. The van der Waals surface area contributed by atoms with Crippen LogP contribution in [0.25, 0.3) is 0 Å². The van der Waals surface area contributed by atoms with Gasteiger partial charge in [-0.15, -0.1) is 37.9 Å². The van der Waals surface area contributed by atoms with Crippen LogP contribution in [-0.2, 0) is 0 Å². The molecular formula is C19H16S3. The molecule has 0 unspecified atom stereocenters. The van der Waals surface area contributed by atoms with Crippen LogP contribution in [0.2, 0.25) is 0 Å². The summed E-state index contributed by atoms with van der Waals surface area (Å²) in [5.74, 6) is 0.0658. The van der Waals surface area contributed by atoms with E-state index in [0.717, 1.165) is 31.4 Å². The van der Waals surface area contributed by atoms with Crippen LogP contribution in [0, 0.1) is 0 Å². The molecule has 0 atom stereocenters. The standard InChI is InChI=1S/C19H16S3/c20-16-10-4-1-7-13(16)19(14-8-2-5-11-17(14)21)15-9-3-6-12-18(15)22/h1-12,19-22H. The van der Waals surface area contributed by atoms with Gasteiger partial charge in [0.05, 0.1) is 0 Å². The minimum atomic E-state index is 0.0658. The molecule has 0 N–H and O–H groups in total. The van der Waals surface area contributed by atoms with E-state index in [1.54, 1.807) is 0 Å². The highest BCUT2D eigenvalue weighted by atomic mass is 32.1. The maximum Gasteiger partial charge on any atom is 0.0372 e. The van der Waals surface area contributed by atoms with Crippen molar-refractivity contribution in [3.8, 4) is 0 Å². The molecule has 0 radical (unpaired) electrons. The van der Waals surface area contributed by atoms with Gasteiger partial charge in [0.15, 0.2) is 0 Å². The van der Waals surface area contributed by atoms with Crippen molar-refractivity contribution < 1.29 is 0 Å². The van der Waals surface area contributed by atoms with Gasteiger partial charge in [0, 0.05) is 20.6 Å². The average molecular weight is 341 g/mol. The number of hydrogen-bond donors (Lipinski definition) is 3. The third kappa shape index (κ3) is 3.07. The Kier molecular flexibility index (Phi) is 4.87. The zero-order chi connectivity index (χ0) is 15.5. The summed E-state index contributed by atoms with van der Waals surface area (Å²) < 4.78 is 0. The van der Waals surface area contributed by atoms with Crippen LogP contribution in [-0.4, -0.2) is 0 Å². The lowest BCUT2D eigenvalue weighted by Crippen LogP contribution is -2.06. The topological polar surface area (TPSA) is 0 Å². The Morgan fingerprint density at radius 3 is 1.00 bits per heavy atom. The van der Waals surface area contributed by atoms with Crippen molar-refractivity contribution in [3.63, 3.8) is 0 Å². The minimum Gasteiger partial charge on any atom is -0.143 e. The van der Waals surface area contributed by atoms with Crippen molar-refractivity contribution in [1.82, 2.24) is 0 Å². The Morgan fingerprint density at radius 2 is 0.727 bits per heavy atom. The normalized spacial score (nSPS) is 10.9. The zero-order valence-electron chi connectivity index (χ0n) is 11.8. The number of benzene rings is 3. The van der Waals surface area contributed by atoms with Crippen LogP contribution in [0.3, 0.4) is 0 Å². The third-order valence-electron chi connectivity index (χ3n) is 3.74. The molecule has 110 valence electrons. The molecule has 3 heteroatoms. The van der Waals surface area contributed by atoms with Gasteiger partial charge in [-0.05, 0) is 34.9 Å². The van der Waals surface area contributed by atoms with Gasteiger partial charge >= 0.3 is 0 Å². The maximum absolute atomic E-state index is 4.66. The van der Waals surface area contributed by atoms with Crippen LogP contribution in [0.5, 0.6) is 0 Å². The summed E-state index contributed by atoms with van der Waals surface area (Å²) in [4.78, 5) is 2.92. The van der Waals surface area contributed by atoms with Crippen LogP contribution in [0.4, 0.5) is 0 Å². The maximum atomic E-state index is 4.66. The van der Waals surface area contributed by atoms with E-state index in [-0.39, 0.29) is 5.92 Å². The van der Waals surface area contributed by atoms with E-state index in [4.69, 9.17) is 0 Å². The molecule has 0 spiro atoms. The van der Waals surface area contributed by atoms with Crippen LogP contribution in [0.1, 0.15) is 22.6 Å². The van der Waals surface area contributed by atoms with Gasteiger partial charge in [-0.25, -0.2) is 0 Å². The first kappa shape index (κ1) is 15.6. The van der Waals surface area contributed by atoms with Gasteiger partial charge < -0.3 is 0 Å². The summed E-state index contributed by atoms with van der Waals surface area (Å²) >= 11 is 14.0. The number of rotatable bonds is 3. The molecule has 0 fully saturated rings. The van der Waals surface area contributed by atoms with Crippen LogP contribution >= 0.6 is 37.9 Å². The van der Waals surface area contributed by atoms with E-state index in [2.05, 4.69) is 56.1 Å². The smallest absolute Gasteiger partial charge is 0.0372 e. The van der Waals surface area contributed by atoms with Gasteiger partial charge in [-0.2, -0.15) is 0 Å². The lowest BCUT2D eigenvalue weighted by Gasteiger charge is -2.23. The van der Waals surface area contributed by atoms with E-state index in [0.29, 0.717) is 0 Å². The fourth-order valence-electron chi connectivity index (χ4n) is 2.70. The second-order valence-electron chi connectivity index (χ2n) is 5.11. The molecule has 3 rings (SSSR count). The van der Waals surface area contributed by atoms with E-state index >= 15 is 0 Å². The second kappa shape index (κ2) is 6.86. The monoisotopic (exact) mass is 340 g/mol. The van der Waals surface area contributed by atoms with E-state index in [9.17, 15) is 0 Å². The Morgan fingerprint density at radius 1 is 0.455 bits per heavy atom. The highest BCUT2D eigenvalue weighted by Crippen LogP contribution is 2.39. The Bertz CT molecular complexity index is 688. The van der Waals surface area contributed by atoms with Crippen LogP contribution < -0.4 is 0 Å². The fraction of sp³-hybridized carbons (Fsp3) is 0.0526. The predicted molar refractivity (Wildman–Crippen MR) is 102 cm³/mol. The van der Waals surface area contributed by atoms with Crippen molar-refractivity contribution >= 4 is 37.9 Å². The molecule has 0 aliphatic heterocycles. The quantitative estimate of drug-likeness (QED) is 0.393. The van der Waals surface area contributed by atoms with Gasteiger partial charge in [0.2, 0.25) is 0 Å². The molecular weight excluding hydrogens is 324 g/mol. The molecule has 0 aromatic heterocycles. The summed E-state index contributed by atoms with van der Waals surface area (Å²) in [6.45, 7) is 0. The first-order valence-electron chi connectivity index (χ1n) is 7.02. The third-order valence-corrected chi connectivity index (χ3v) is 4.97. The Hall–Kier alpha value is -1.29. The first-order valence-corrected chi connectivity index (χ1v) is 8.36. The highest BCUT2D eigenvalue weighted by molar-refractivity contribution is 7.80. The lowest BCUT2D eigenvalue weighted by atomic mass is 9.85. The summed E-state index contributed by atoms with van der Waals surface area (Å²) in [6, 6.07) is 24.6. The Labute approximate surface area is 147 Å². The van der Waals surface area contributed by atoms with E-state index in [1.165, 1.54) is 0 Å². The zero-order valence-corrected chi connectivity index (χ0v) is 14.5. The molecule has 0 aliphatic carbocycles. The van der Waals surface area contributed by atoms with Gasteiger partial charge in [0.25, 0.3) is 0 Å².